The van der Waals surface area contributed by atoms with Crippen molar-refractivity contribution in [2.24, 2.45) is 0 Å². The van der Waals surface area contributed by atoms with Crippen molar-refractivity contribution in [1.29, 1.82) is 5.26 Å². The SMILES string of the molecule is CCOc1ccccc1-c1cc(-c2ccc(OC)c(OC)c2)nc(N)c1C#N. The van der Waals surface area contributed by atoms with Gasteiger partial charge in [0.05, 0.1) is 26.5 Å². The molecule has 0 amide bonds. The molecule has 6 heteroatoms. The summed E-state index contributed by atoms with van der Waals surface area (Å²) in [6, 6.07) is 17.1. The van der Waals surface area contributed by atoms with Gasteiger partial charge in [-0.15, -0.1) is 0 Å². The van der Waals surface area contributed by atoms with Gasteiger partial charge in [-0.05, 0) is 37.3 Å². The van der Waals surface area contributed by atoms with Crippen LogP contribution in [-0.4, -0.2) is 25.8 Å². The maximum Gasteiger partial charge on any atom is 0.161 e. The maximum atomic E-state index is 9.65. The molecule has 28 heavy (non-hydrogen) atoms. The number of ether oxygens (including phenoxy) is 3. The summed E-state index contributed by atoms with van der Waals surface area (Å²) in [6.07, 6.45) is 0. The zero-order valence-electron chi connectivity index (χ0n) is 16.0. The third kappa shape index (κ3) is 3.55. The summed E-state index contributed by atoms with van der Waals surface area (Å²) in [5.41, 5.74) is 9.32. The number of para-hydroxylation sites is 1. The molecule has 2 aromatic carbocycles. The molecular weight excluding hydrogens is 354 g/mol. The van der Waals surface area contributed by atoms with Gasteiger partial charge in [0, 0.05) is 16.7 Å². The summed E-state index contributed by atoms with van der Waals surface area (Å²) < 4.78 is 16.4. The first-order valence-corrected chi connectivity index (χ1v) is 8.78. The van der Waals surface area contributed by atoms with E-state index in [2.05, 4.69) is 11.1 Å². The minimum Gasteiger partial charge on any atom is -0.493 e. The Kier molecular flexibility index (Phi) is 5.66. The Morgan fingerprint density at radius 2 is 1.71 bits per heavy atom. The predicted molar refractivity (Wildman–Crippen MR) is 109 cm³/mol. The lowest BCUT2D eigenvalue weighted by Crippen LogP contribution is -2.01. The molecule has 0 radical (unpaired) electrons. The molecule has 2 N–H and O–H groups in total. The van der Waals surface area contributed by atoms with E-state index in [9.17, 15) is 5.26 Å². The molecule has 1 aromatic heterocycles. The van der Waals surface area contributed by atoms with Crippen molar-refractivity contribution in [3.05, 3.63) is 54.1 Å². The van der Waals surface area contributed by atoms with Crippen LogP contribution in [0.1, 0.15) is 12.5 Å². The number of pyridine rings is 1. The van der Waals surface area contributed by atoms with Crippen LogP contribution in [0.5, 0.6) is 17.2 Å². The molecule has 0 bridgehead atoms. The molecule has 0 fully saturated rings. The average molecular weight is 375 g/mol. The molecule has 3 rings (SSSR count). The average Bonchev–Trinajstić information content (AvgIpc) is 2.73. The minimum absolute atomic E-state index is 0.163. The van der Waals surface area contributed by atoms with Crippen LogP contribution in [0.3, 0.4) is 0 Å². The third-order valence-corrected chi connectivity index (χ3v) is 4.32. The highest BCUT2D eigenvalue weighted by atomic mass is 16.5. The van der Waals surface area contributed by atoms with Gasteiger partial charge in [-0.25, -0.2) is 4.98 Å². The maximum absolute atomic E-state index is 9.65. The van der Waals surface area contributed by atoms with E-state index in [0.29, 0.717) is 40.7 Å². The van der Waals surface area contributed by atoms with Crippen molar-refractivity contribution >= 4 is 5.82 Å². The molecule has 142 valence electrons. The lowest BCUT2D eigenvalue weighted by Gasteiger charge is -2.15. The van der Waals surface area contributed by atoms with Crippen LogP contribution in [0.4, 0.5) is 5.82 Å². The number of nitrogen functional groups attached to an aromatic ring is 1. The third-order valence-electron chi connectivity index (χ3n) is 4.32. The molecule has 6 nitrogen and oxygen atoms in total. The van der Waals surface area contributed by atoms with E-state index >= 15 is 0 Å². The molecule has 0 aliphatic rings. The van der Waals surface area contributed by atoms with Crippen LogP contribution >= 0.6 is 0 Å². The highest BCUT2D eigenvalue weighted by Crippen LogP contribution is 2.38. The molecule has 0 aliphatic carbocycles. The van der Waals surface area contributed by atoms with Crippen LogP contribution < -0.4 is 19.9 Å². The fourth-order valence-electron chi connectivity index (χ4n) is 3.01. The Bertz CT molecular complexity index is 1040. The van der Waals surface area contributed by atoms with Crippen molar-refractivity contribution in [2.75, 3.05) is 26.6 Å². The summed E-state index contributed by atoms with van der Waals surface area (Å²) in [4.78, 5) is 4.43. The Hall–Kier alpha value is -3.72. The standard InChI is InChI=1S/C22H21N3O3/c1-4-28-19-8-6-5-7-15(19)16-12-18(25-22(24)17(16)13-23)14-9-10-20(26-2)21(11-14)27-3/h5-12H,4H2,1-3H3,(H2,24,25). The van der Waals surface area contributed by atoms with E-state index in [-0.39, 0.29) is 5.82 Å². The summed E-state index contributed by atoms with van der Waals surface area (Å²) in [6.45, 7) is 2.43. The van der Waals surface area contributed by atoms with Crippen LogP contribution in [0, 0.1) is 11.3 Å². The molecule has 3 aromatic rings. The number of benzene rings is 2. The van der Waals surface area contributed by atoms with Crippen molar-refractivity contribution in [2.45, 2.75) is 6.92 Å². The first kappa shape index (κ1) is 19.1. The van der Waals surface area contributed by atoms with Gasteiger partial charge < -0.3 is 19.9 Å². The summed E-state index contributed by atoms with van der Waals surface area (Å²) >= 11 is 0. The molecule has 0 saturated heterocycles. The molecule has 0 aliphatic heterocycles. The van der Waals surface area contributed by atoms with Gasteiger partial charge in [-0.2, -0.15) is 5.26 Å². The monoisotopic (exact) mass is 375 g/mol. The number of aromatic nitrogens is 1. The number of nitrogens with two attached hydrogens (primary N) is 1. The van der Waals surface area contributed by atoms with Crippen LogP contribution in [0.2, 0.25) is 0 Å². The Labute approximate surface area is 164 Å². The number of hydrogen-bond donors (Lipinski definition) is 1. The lowest BCUT2D eigenvalue weighted by molar-refractivity contribution is 0.341. The smallest absolute Gasteiger partial charge is 0.161 e. The van der Waals surface area contributed by atoms with Gasteiger partial charge in [0.25, 0.3) is 0 Å². The second-order valence-corrected chi connectivity index (χ2v) is 5.93. The Morgan fingerprint density at radius 3 is 2.39 bits per heavy atom. The topological polar surface area (TPSA) is 90.4 Å². The van der Waals surface area contributed by atoms with Gasteiger partial charge in [-0.3, -0.25) is 0 Å². The predicted octanol–water partition coefficient (Wildman–Crippen LogP) is 4.29. The number of hydrogen-bond acceptors (Lipinski definition) is 6. The molecular formula is C22H21N3O3. The van der Waals surface area contributed by atoms with Crippen molar-refractivity contribution in [3.63, 3.8) is 0 Å². The first-order chi connectivity index (χ1) is 13.6. The van der Waals surface area contributed by atoms with Gasteiger partial charge >= 0.3 is 0 Å². The Balaban J connectivity index is 2.21. The minimum atomic E-state index is 0.163. The van der Waals surface area contributed by atoms with Gasteiger partial charge in [0.1, 0.15) is 23.2 Å². The molecule has 0 saturated carbocycles. The van der Waals surface area contributed by atoms with E-state index in [1.165, 1.54) is 0 Å². The van der Waals surface area contributed by atoms with Crippen LogP contribution in [0.25, 0.3) is 22.4 Å². The zero-order valence-corrected chi connectivity index (χ0v) is 16.0. The van der Waals surface area contributed by atoms with Crippen LogP contribution in [-0.2, 0) is 0 Å². The summed E-state index contributed by atoms with van der Waals surface area (Å²) in [5, 5.41) is 9.65. The van der Waals surface area contributed by atoms with Crippen molar-refractivity contribution in [1.82, 2.24) is 4.98 Å². The highest BCUT2D eigenvalue weighted by Gasteiger charge is 2.17. The molecule has 0 unspecified atom stereocenters. The van der Waals surface area contributed by atoms with E-state index < -0.39 is 0 Å². The van der Waals surface area contributed by atoms with Crippen LogP contribution in [0.15, 0.2) is 48.5 Å². The quantitative estimate of drug-likeness (QED) is 0.691. The summed E-state index contributed by atoms with van der Waals surface area (Å²) in [7, 11) is 3.16. The molecule has 0 spiro atoms. The second-order valence-electron chi connectivity index (χ2n) is 5.93. The highest BCUT2D eigenvalue weighted by molar-refractivity contribution is 5.83. The number of anilines is 1. The normalized spacial score (nSPS) is 10.2. The van der Waals surface area contributed by atoms with Gasteiger partial charge in [0.2, 0.25) is 0 Å². The second kappa shape index (κ2) is 8.31. The van der Waals surface area contributed by atoms with E-state index in [0.717, 1.165) is 11.1 Å². The van der Waals surface area contributed by atoms with Crippen molar-refractivity contribution < 1.29 is 14.2 Å². The summed E-state index contributed by atoms with van der Waals surface area (Å²) in [5.74, 6) is 2.05. The number of rotatable bonds is 6. The molecule has 0 atom stereocenters. The Morgan fingerprint density at radius 1 is 0.964 bits per heavy atom. The van der Waals surface area contributed by atoms with E-state index in [1.54, 1.807) is 20.3 Å². The molecule has 1 heterocycles. The largest absolute Gasteiger partial charge is 0.493 e. The van der Waals surface area contributed by atoms with E-state index in [1.807, 2.05) is 49.4 Å². The van der Waals surface area contributed by atoms with E-state index in [4.69, 9.17) is 19.9 Å². The van der Waals surface area contributed by atoms with Gasteiger partial charge in [0.15, 0.2) is 11.5 Å². The fourth-order valence-corrected chi connectivity index (χ4v) is 3.01. The number of nitriles is 1. The number of nitrogens with zero attached hydrogens (tertiary/aromatic N) is 2. The van der Waals surface area contributed by atoms with Crippen molar-refractivity contribution in [3.8, 4) is 45.7 Å². The lowest BCUT2D eigenvalue weighted by atomic mass is 9.97. The van der Waals surface area contributed by atoms with Gasteiger partial charge in [-0.1, -0.05) is 18.2 Å². The first-order valence-electron chi connectivity index (χ1n) is 8.78. The zero-order chi connectivity index (χ0) is 20.1. The fraction of sp³-hybridized carbons (Fsp3) is 0.182. The number of methoxy groups -OCH3 is 2.